The van der Waals surface area contributed by atoms with Crippen LogP contribution in [0.25, 0.3) is 0 Å². The van der Waals surface area contributed by atoms with Crippen molar-refractivity contribution in [3.05, 3.63) is 51.6 Å². The van der Waals surface area contributed by atoms with Crippen molar-refractivity contribution in [2.45, 2.75) is 13.5 Å². The van der Waals surface area contributed by atoms with E-state index in [9.17, 15) is 0 Å². The third-order valence-electron chi connectivity index (χ3n) is 2.47. The fraction of sp³-hybridized carbons (Fsp3) is 0.214. The number of ether oxygens (including phenoxy) is 1. The Labute approximate surface area is 126 Å². The van der Waals surface area contributed by atoms with Gasteiger partial charge in [-0.1, -0.05) is 11.6 Å². The minimum Gasteiger partial charge on any atom is -0.488 e. The maximum atomic E-state index is 5.89. The van der Waals surface area contributed by atoms with E-state index in [0.29, 0.717) is 11.6 Å². The second kappa shape index (κ2) is 6.78. The number of nitrogens with one attached hydrogen (secondary N) is 1. The summed E-state index contributed by atoms with van der Waals surface area (Å²) >= 11 is 9.31. The molecule has 0 bridgehead atoms. The molecule has 1 heterocycles. The molecule has 0 saturated carbocycles. The average molecular weight is 342 g/mol. The molecule has 0 saturated heterocycles. The smallest absolute Gasteiger partial charge is 0.134 e. The molecule has 0 atom stereocenters. The Morgan fingerprint density at radius 2 is 2.16 bits per heavy atom. The van der Waals surface area contributed by atoms with Gasteiger partial charge in [-0.2, -0.15) is 0 Å². The van der Waals surface area contributed by atoms with E-state index in [4.69, 9.17) is 16.3 Å². The molecule has 2 rings (SSSR count). The Balaban J connectivity index is 2.03. The molecule has 1 aromatic heterocycles. The van der Waals surface area contributed by atoms with Crippen molar-refractivity contribution in [2.75, 3.05) is 11.9 Å². The fourth-order valence-corrected chi connectivity index (χ4v) is 2.39. The summed E-state index contributed by atoms with van der Waals surface area (Å²) in [5.41, 5.74) is 1.06. The Kier molecular flexibility index (Phi) is 5.05. The van der Waals surface area contributed by atoms with Crippen LogP contribution in [0, 0.1) is 0 Å². The summed E-state index contributed by atoms with van der Waals surface area (Å²) in [5, 5.41) is 3.85. The van der Waals surface area contributed by atoms with Crippen LogP contribution in [0.15, 0.2) is 41.0 Å². The molecule has 0 spiro atoms. The molecule has 1 N–H and O–H groups in total. The first-order valence-electron chi connectivity index (χ1n) is 5.95. The molecule has 19 heavy (non-hydrogen) atoms. The van der Waals surface area contributed by atoms with Gasteiger partial charge in [0.15, 0.2) is 0 Å². The number of halogens is 2. The van der Waals surface area contributed by atoms with Gasteiger partial charge >= 0.3 is 0 Å². The molecule has 0 radical (unpaired) electrons. The van der Waals surface area contributed by atoms with Crippen molar-refractivity contribution >= 4 is 33.3 Å². The summed E-state index contributed by atoms with van der Waals surface area (Å²) < 4.78 is 6.60. The highest BCUT2D eigenvalue weighted by atomic mass is 79.9. The minimum atomic E-state index is 0.487. The highest BCUT2D eigenvalue weighted by Gasteiger charge is 2.03. The Morgan fingerprint density at radius 1 is 1.32 bits per heavy atom. The molecular weight excluding hydrogens is 328 g/mol. The van der Waals surface area contributed by atoms with Crippen molar-refractivity contribution in [3.8, 4) is 5.75 Å². The van der Waals surface area contributed by atoms with Crippen LogP contribution in [0.3, 0.4) is 0 Å². The number of pyridine rings is 1. The van der Waals surface area contributed by atoms with Crippen LogP contribution < -0.4 is 10.1 Å². The summed E-state index contributed by atoms with van der Waals surface area (Å²) in [4.78, 5) is 4.22. The van der Waals surface area contributed by atoms with E-state index in [0.717, 1.165) is 28.1 Å². The Bertz CT molecular complexity index is 563. The van der Waals surface area contributed by atoms with Crippen LogP contribution in [-0.4, -0.2) is 11.5 Å². The van der Waals surface area contributed by atoms with Crippen LogP contribution in [-0.2, 0) is 6.61 Å². The van der Waals surface area contributed by atoms with Crippen LogP contribution in [0.2, 0.25) is 5.02 Å². The highest BCUT2D eigenvalue weighted by molar-refractivity contribution is 9.10. The molecule has 0 unspecified atom stereocenters. The van der Waals surface area contributed by atoms with Crippen molar-refractivity contribution < 1.29 is 4.74 Å². The molecular formula is C14H14BrClN2O. The van der Waals surface area contributed by atoms with Crippen molar-refractivity contribution in [1.82, 2.24) is 4.98 Å². The van der Waals surface area contributed by atoms with E-state index in [-0.39, 0.29) is 0 Å². The van der Waals surface area contributed by atoms with Crippen LogP contribution >= 0.6 is 27.5 Å². The standard InChI is InChI=1S/C14H14BrClN2O/c1-2-17-14-7-10(5-6-18-14)9-19-13-4-3-11(16)8-12(13)15/h3-8H,2,9H2,1H3,(H,17,18). The second-order valence-electron chi connectivity index (χ2n) is 3.94. The molecule has 0 aliphatic heterocycles. The Hall–Kier alpha value is -1.26. The molecule has 0 aliphatic rings. The lowest BCUT2D eigenvalue weighted by atomic mass is 10.2. The number of hydrogen-bond acceptors (Lipinski definition) is 3. The SMILES string of the molecule is CCNc1cc(COc2ccc(Cl)cc2Br)ccn1. The normalized spacial score (nSPS) is 10.3. The van der Waals surface area contributed by atoms with Gasteiger partial charge in [0.2, 0.25) is 0 Å². The summed E-state index contributed by atoms with van der Waals surface area (Å²) in [6.07, 6.45) is 1.77. The van der Waals surface area contributed by atoms with Crippen molar-refractivity contribution in [3.63, 3.8) is 0 Å². The third kappa shape index (κ3) is 4.11. The molecule has 2 aromatic rings. The number of benzene rings is 1. The molecule has 0 fully saturated rings. The average Bonchev–Trinajstić information content (AvgIpc) is 2.38. The summed E-state index contributed by atoms with van der Waals surface area (Å²) in [6, 6.07) is 9.38. The van der Waals surface area contributed by atoms with E-state index in [1.54, 1.807) is 12.3 Å². The van der Waals surface area contributed by atoms with E-state index >= 15 is 0 Å². The molecule has 3 nitrogen and oxygen atoms in total. The van der Waals surface area contributed by atoms with E-state index < -0.39 is 0 Å². The quantitative estimate of drug-likeness (QED) is 0.869. The lowest BCUT2D eigenvalue weighted by molar-refractivity contribution is 0.304. The van der Waals surface area contributed by atoms with Crippen molar-refractivity contribution in [2.24, 2.45) is 0 Å². The molecule has 100 valence electrons. The van der Waals surface area contributed by atoms with E-state index in [2.05, 4.69) is 26.2 Å². The van der Waals surface area contributed by atoms with Gasteiger partial charge in [-0.3, -0.25) is 0 Å². The first-order valence-corrected chi connectivity index (χ1v) is 7.13. The van der Waals surface area contributed by atoms with Gasteiger partial charge in [-0.15, -0.1) is 0 Å². The topological polar surface area (TPSA) is 34.1 Å². The van der Waals surface area contributed by atoms with Gasteiger partial charge in [-0.05, 0) is 58.7 Å². The number of rotatable bonds is 5. The van der Waals surface area contributed by atoms with Crippen molar-refractivity contribution in [1.29, 1.82) is 0 Å². The van der Waals surface area contributed by atoms with E-state index in [1.165, 1.54) is 0 Å². The first-order chi connectivity index (χ1) is 9.19. The number of aromatic nitrogens is 1. The van der Waals surface area contributed by atoms with Crippen LogP contribution in [0.4, 0.5) is 5.82 Å². The zero-order valence-electron chi connectivity index (χ0n) is 10.5. The largest absolute Gasteiger partial charge is 0.488 e. The zero-order valence-corrected chi connectivity index (χ0v) is 12.8. The summed E-state index contributed by atoms with van der Waals surface area (Å²) in [6.45, 7) is 3.37. The predicted molar refractivity (Wildman–Crippen MR) is 81.9 cm³/mol. The van der Waals surface area contributed by atoms with Crippen LogP contribution in [0.1, 0.15) is 12.5 Å². The summed E-state index contributed by atoms with van der Waals surface area (Å²) in [7, 11) is 0. The zero-order chi connectivity index (χ0) is 13.7. The van der Waals surface area contributed by atoms with Gasteiger partial charge in [0.25, 0.3) is 0 Å². The van der Waals surface area contributed by atoms with Crippen LogP contribution in [0.5, 0.6) is 5.75 Å². The lowest BCUT2D eigenvalue weighted by Crippen LogP contribution is -2.01. The first kappa shape index (κ1) is 14.2. The van der Waals surface area contributed by atoms with Gasteiger partial charge in [-0.25, -0.2) is 4.98 Å². The summed E-state index contributed by atoms with van der Waals surface area (Å²) in [5.74, 6) is 1.63. The molecule has 1 aromatic carbocycles. The highest BCUT2D eigenvalue weighted by Crippen LogP contribution is 2.28. The van der Waals surface area contributed by atoms with Gasteiger partial charge in [0, 0.05) is 17.8 Å². The van der Waals surface area contributed by atoms with E-state index in [1.807, 2.05) is 31.2 Å². The lowest BCUT2D eigenvalue weighted by Gasteiger charge is -2.09. The maximum absolute atomic E-state index is 5.89. The number of hydrogen-bond donors (Lipinski definition) is 1. The Morgan fingerprint density at radius 3 is 2.89 bits per heavy atom. The number of anilines is 1. The van der Waals surface area contributed by atoms with Gasteiger partial charge in [0.1, 0.15) is 18.2 Å². The molecule has 5 heteroatoms. The predicted octanol–water partition coefficient (Wildman–Crippen LogP) is 4.51. The third-order valence-corrected chi connectivity index (χ3v) is 3.33. The molecule has 0 aliphatic carbocycles. The second-order valence-corrected chi connectivity index (χ2v) is 5.23. The maximum Gasteiger partial charge on any atom is 0.134 e. The minimum absolute atomic E-state index is 0.487. The fourth-order valence-electron chi connectivity index (χ4n) is 1.60. The van der Waals surface area contributed by atoms with Gasteiger partial charge < -0.3 is 10.1 Å². The van der Waals surface area contributed by atoms with Gasteiger partial charge in [0.05, 0.1) is 4.47 Å². The number of nitrogens with zero attached hydrogens (tertiary/aromatic N) is 1. The molecule has 0 amide bonds. The monoisotopic (exact) mass is 340 g/mol.